The number of nitrogens with one attached hydrogen (secondary N) is 2. The van der Waals surface area contributed by atoms with E-state index in [0.29, 0.717) is 0 Å². The molecule has 5 nitrogen and oxygen atoms in total. The third-order valence-electron chi connectivity index (χ3n) is 4.59. The van der Waals surface area contributed by atoms with Gasteiger partial charge in [0.1, 0.15) is 5.56 Å². The van der Waals surface area contributed by atoms with Crippen LogP contribution in [0.3, 0.4) is 0 Å². The topological polar surface area (TPSA) is 78.4 Å². The molecule has 0 radical (unpaired) electrons. The van der Waals surface area contributed by atoms with Crippen molar-refractivity contribution in [2.45, 2.75) is 19.3 Å². The summed E-state index contributed by atoms with van der Waals surface area (Å²) >= 11 is 5.90. The fourth-order valence-corrected chi connectivity index (χ4v) is 3.52. The molecule has 6 heteroatoms. The molecule has 1 atom stereocenters. The fraction of sp³-hybridized carbons (Fsp3) is 0.467. The summed E-state index contributed by atoms with van der Waals surface area (Å²) in [5, 5.41) is 15.4. The maximum absolute atomic E-state index is 12.4. The van der Waals surface area contributed by atoms with Crippen LogP contribution < -0.4 is 10.6 Å². The lowest BCUT2D eigenvalue weighted by Crippen LogP contribution is -2.31. The number of carboxylic acids is 1. The number of carbonyl (C=O) groups is 2. The van der Waals surface area contributed by atoms with Gasteiger partial charge in [-0.1, -0.05) is 17.7 Å². The Kier molecular flexibility index (Phi) is 3.63. The summed E-state index contributed by atoms with van der Waals surface area (Å²) in [7, 11) is 0. The van der Waals surface area contributed by atoms with Crippen LogP contribution in [0, 0.1) is 11.3 Å². The first-order valence-corrected chi connectivity index (χ1v) is 7.45. The SMILES string of the molecule is O=C(O)c1c(Cl)cccc1NC(=O)C1CC12CCNCC2. The van der Waals surface area contributed by atoms with E-state index in [1.165, 1.54) is 6.07 Å². The van der Waals surface area contributed by atoms with E-state index in [1.807, 2.05) is 0 Å². The molecule has 1 aliphatic carbocycles. The predicted octanol–water partition coefficient (Wildman–Crippen LogP) is 2.37. The lowest BCUT2D eigenvalue weighted by Gasteiger charge is -2.23. The molecule has 2 fully saturated rings. The number of benzene rings is 1. The number of piperidine rings is 1. The summed E-state index contributed by atoms with van der Waals surface area (Å²) in [5.41, 5.74) is 0.348. The maximum atomic E-state index is 12.4. The van der Waals surface area contributed by atoms with Crippen molar-refractivity contribution in [3.63, 3.8) is 0 Å². The maximum Gasteiger partial charge on any atom is 0.339 e. The molecule has 112 valence electrons. The number of rotatable bonds is 3. The van der Waals surface area contributed by atoms with E-state index in [2.05, 4.69) is 10.6 Å². The Morgan fingerprint density at radius 2 is 2.05 bits per heavy atom. The molecule has 1 aromatic carbocycles. The molecule has 1 heterocycles. The Bertz CT molecular complexity index is 597. The number of halogens is 1. The van der Waals surface area contributed by atoms with Gasteiger partial charge in [0.25, 0.3) is 0 Å². The van der Waals surface area contributed by atoms with E-state index in [-0.39, 0.29) is 33.5 Å². The Morgan fingerprint density at radius 1 is 1.33 bits per heavy atom. The molecule has 21 heavy (non-hydrogen) atoms. The first-order valence-electron chi connectivity index (χ1n) is 7.07. The van der Waals surface area contributed by atoms with Crippen LogP contribution in [-0.4, -0.2) is 30.1 Å². The van der Waals surface area contributed by atoms with Crippen molar-refractivity contribution in [1.29, 1.82) is 0 Å². The van der Waals surface area contributed by atoms with Crippen LogP contribution in [0.2, 0.25) is 5.02 Å². The Balaban J connectivity index is 1.75. The van der Waals surface area contributed by atoms with Gasteiger partial charge in [0, 0.05) is 5.92 Å². The van der Waals surface area contributed by atoms with Crippen LogP contribution in [0.25, 0.3) is 0 Å². The van der Waals surface area contributed by atoms with Crippen molar-refractivity contribution in [2.75, 3.05) is 18.4 Å². The third kappa shape index (κ3) is 2.63. The molecule has 1 saturated heterocycles. The van der Waals surface area contributed by atoms with E-state index >= 15 is 0 Å². The Hall–Kier alpha value is -1.59. The van der Waals surface area contributed by atoms with Gasteiger partial charge in [-0.3, -0.25) is 4.79 Å². The highest BCUT2D eigenvalue weighted by Crippen LogP contribution is 2.58. The molecular weight excluding hydrogens is 292 g/mol. The van der Waals surface area contributed by atoms with Crippen molar-refractivity contribution in [3.05, 3.63) is 28.8 Å². The third-order valence-corrected chi connectivity index (χ3v) is 4.91. The fourth-order valence-electron chi connectivity index (χ4n) is 3.26. The molecule has 2 aliphatic rings. The number of hydrogen-bond acceptors (Lipinski definition) is 3. The first kappa shape index (κ1) is 14.4. The zero-order valence-corrected chi connectivity index (χ0v) is 12.2. The number of carboxylic acid groups (broad SMARTS) is 1. The van der Waals surface area contributed by atoms with E-state index in [9.17, 15) is 14.7 Å². The Morgan fingerprint density at radius 3 is 2.71 bits per heavy atom. The molecule has 1 aromatic rings. The van der Waals surface area contributed by atoms with Gasteiger partial charge in [-0.15, -0.1) is 0 Å². The van der Waals surface area contributed by atoms with Crippen LogP contribution in [-0.2, 0) is 4.79 Å². The average Bonchev–Trinajstić information content (AvgIpc) is 3.13. The summed E-state index contributed by atoms with van der Waals surface area (Å²) in [6, 6.07) is 4.72. The molecule has 0 aromatic heterocycles. The Labute approximate surface area is 127 Å². The standard InChI is InChI=1S/C15H17ClN2O3/c16-10-2-1-3-11(12(10)14(20)21)18-13(19)9-8-15(9)4-6-17-7-5-15/h1-3,9,17H,4-8H2,(H,18,19)(H,20,21). The number of hydrogen-bond donors (Lipinski definition) is 3. The summed E-state index contributed by atoms with van der Waals surface area (Å²) in [4.78, 5) is 23.6. The van der Waals surface area contributed by atoms with Gasteiger partial charge in [0.05, 0.1) is 10.7 Å². The normalized spacial score (nSPS) is 22.8. The van der Waals surface area contributed by atoms with E-state index in [4.69, 9.17) is 11.6 Å². The van der Waals surface area contributed by atoms with Crippen molar-refractivity contribution < 1.29 is 14.7 Å². The van der Waals surface area contributed by atoms with Crippen LogP contribution >= 0.6 is 11.6 Å². The minimum atomic E-state index is -1.14. The molecule has 1 spiro atoms. The monoisotopic (exact) mass is 308 g/mol. The second-order valence-electron chi connectivity index (χ2n) is 5.83. The van der Waals surface area contributed by atoms with Crippen LogP contribution in [0.15, 0.2) is 18.2 Å². The molecular formula is C15H17ClN2O3. The predicted molar refractivity (Wildman–Crippen MR) is 79.7 cm³/mol. The molecule has 3 N–H and O–H groups in total. The quantitative estimate of drug-likeness (QED) is 0.801. The van der Waals surface area contributed by atoms with E-state index in [0.717, 1.165) is 32.4 Å². The minimum Gasteiger partial charge on any atom is -0.478 e. The van der Waals surface area contributed by atoms with E-state index < -0.39 is 5.97 Å². The van der Waals surface area contributed by atoms with Crippen LogP contribution in [0.4, 0.5) is 5.69 Å². The van der Waals surface area contributed by atoms with Gasteiger partial charge >= 0.3 is 5.97 Å². The van der Waals surface area contributed by atoms with Gasteiger partial charge in [0.2, 0.25) is 5.91 Å². The van der Waals surface area contributed by atoms with Gasteiger partial charge in [0.15, 0.2) is 0 Å². The van der Waals surface area contributed by atoms with Crippen molar-refractivity contribution in [2.24, 2.45) is 11.3 Å². The van der Waals surface area contributed by atoms with Crippen LogP contribution in [0.5, 0.6) is 0 Å². The van der Waals surface area contributed by atoms with E-state index in [1.54, 1.807) is 12.1 Å². The number of amides is 1. The zero-order valence-electron chi connectivity index (χ0n) is 11.5. The molecule has 3 rings (SSSR count). The second kappa shape index (κ2) is 5.31. The second-order valence-corrected chi connectivity index (χ2v) is 6.23. The first-order chi connectivity index (χ1) is 10.0. The van der Waals surface area contributed by atoms with Crippen molar-refractivity contribution in [3.8, 4) is 0 Å². The average molecular weight is 309 g/mol. The molecule has 1 amide bonds. The highest BCUT2D eigenvalue weighted by Gasteiger charge is 2.57. The summed E-state index contributed by atoms with van der Waals surface area (Å²) in [6.45, 7) is 1.89. The largest absolute Gasteiger partial charge is 0.478 e. The molecule has 1 aliphatic heterocycles. The number of aromatic carboxylic acids is 1. The van der Waals surface area contributed by atoms with Gasteiger partial charge in [-0.05, 0) is 49.9 Å². The number of anilines is 1. The van der Waals surface area contributed by atoms with Crippen LogP contribution in [0.1, 0.15) is 29.6 Å². The summed E-state index contributed by atoms with van der Waals surface area (Å²) < 4.78 is 0. The smallest absolute Gasteiger partial charge is 0.339 e. The number of carbonyl (C=O) groups excluding carboxylic acids is 1. The highest BCUT2D eigenvalue weighted by molar-refractivity contribution is 6.34. The van der Waals surface area contributed by atoms with Crippen molar-refractivity contribution in [1.82, 2.24) is 5.32 Å². The lowest BCUT2D eigenvalue weighted by atomic mass is 9.91. The van der Waals surface area contributed by atoms with Gasteiger partial charge in [-0.2, -0.15) is 0 Å². The van der Waals surface area contributed by atoms with Crippen molar-refractivity contribution >= 4 is 29.2 Å². The van der Waals surface area contributed by atoms with Gasteiger partial charge < -0.3 is 15.7 Å². The molecule has 0 bridgehead atoms. The summed E-state index contributed by atoms with van der Waals surface area (Å²) in [5.74, 6) is -1.25. The van der Waals surface area contributed by atoms with Gasteiger partial charge in [-0.25, -0.2) is 4.79 Å². The zero-order chi connectivity index (χ0) is 15.0. The molecule has 1 saturated carbocycles. The summed E-state index contributed by atoms with van der Waals surface area (Å²) in [6.07, 6.45) is 2.91. The minimum absolute atomic E-state index is 0.0137. The highest BCUT2D eigenvalue weighted by atomic mass is 35.5. The lowest BCUT2D eigenvalue weighted by molar-refractivity contribution is -0.118. The molecule has 1 unspecified atom stereocenters.